The van der Waals surface area contributed by atoms with Gasteiger partial charge >= 0.3 is 0 Å². The zero-order valence-electron chi connectivity index (χ0n) is 11.1. The van der Waals surface area contributed by atoms with Crippen molar-refractivity contribution in [2.45, 2.75) is 40.2 Å². The molecule has 3 nitrogen and oxygen atoms in total. The molecule has 0 radical (unpaired) electrons. The zero-order valence-corrected chi connectivity index (χ0v) is 12.0. The number of aliphatic hydroxyl groups is 1. The molecule has 98 valence electrons. The number of likely N-dealkylation sites (N-methyl/N-ethyl adjacent to an activating group) is 1. The van der Waals surface area contributed by atoms with Crippen LogP contribution >= 0.6 is 11.3 Å². The summed E-state index contributed by atoms with van der Waals surface area (Å²) in [5.41, 5.74) is 1.14. The molecule has 1 heterocycles. The van der Waals surface area contributed by atoms with Gasteiger partial charge in [0.2, 0.25) is 0 Å². The lowest BCUT2D eigenvalue weighted by atomic mass is 10.1. The molecule has 1 N–H and O–H groups in total. The number of hydrogen-bond acceptors (Lipinski definition) is 4. The van der Waals surface area contributed by atoms with Gasteiger partial charge in [0.25, 0.3) is 0 Å². The number of aromatic nitrogens is 1. The van der Waals surface area contributed by atoms with E-state index in [-0.39, 0.29) is 6.61 Å². The standard InChI is InChI=1S/C13H24N2OS/c1-4-15(7-8-16)9-12-10-17-13(14-12)6-5-11(2)3/h10-11,16H,4-9H2,1-3H3. The summed E-state index contributed by atoms with van der Waals surface area (Å²) < 4.78 is 0. The third kappa shape index (κ3) is 5.61. The van der Waals surface area contributed by atoms with E-state index in [1.165, 1.54) is 11.4 Å². The maximum Gasteiger partial charge on any atom is 0.0928 e. The van der Waals surface area contributed by atoms with Gasteiger partial charge < -0.3 is 5.11 Å². The summed E-state index contributed by atoms with van der Waals surface area (Å²) in [6, 6.07) is 0. The quantitative estimate of drug-likeness (QED) is 0.776. The van der Waals surface area contributed by atoms with Crippen molar-refractivity contribution in [3.05, 3.63) is 16.1 Å². The van der Waals surface area contributed by atoms with E-state index >= 15 is 0 Å². The fourth-order valence-corrected chi connectivity index (χ4v) is 2.47. The second-order valence-corrected chi connectivity index (χ2v) is 5.70. The van der Waals surface area contributed by atoms with Crippen LogP contribution in [-0.4, -0.2) is 34.7 Å². The third-order valence-corrected chi connectivity index (χ3v) is 3.74. The lowest BCUT2D eigenvalue weighted by Gasteiger charge is -2.17. The van der Waals surface area contributed by atoms with Gasteiger partial charge in [0.1, 0.15) is 0 Å². The monoisotopic (exact) mass is 256 g/mol. The Hall–Kier alpha value is -0.450. The van der Waals surface area contributed by atoms with E-state index in [0.29, 0.717) is 0 Å². The predicted octanol–water partition coefficient (Wildman–Crippen LogP) is 2.55. The molecular formula is C13H24N2OS. The Morgan fingerprint density at radius 3 is 2.82 bits per heavy atom. The van der Waals surface area contributed by atoms with Crippen LogP contribution in [0.15, 0.2) is 5.38 Å². The van der Waals surface area contributed by atoms with Crippen LogP contribution in [-0.2, 0) is 13.0 Å². The summed E-state index contributed by atoms with van der Waals surface area (Å²) in [4.78, 5) is 6.86. The second-order valence-electron chi connectivity index (χ2n) is 4.76. The normalized spacial score (nSPS) is 11.6. The topological polar surface area (TPSA) is 36.4 Å². The SMILES string of the molecule is CCN(CCO)Cc1csc(CCC(C)C)n1. The van der Waals surface area contributed by atoms with Crippen LogP contribution in [0, 0.1) is 5.92 Å². The van der Waals surface area contributed by atoms with Gasteiger partial charge in [-0.25, -0.2) is 4.98 Å². The Kier molecular flexibility index (Phi) is 6.70. The van der Waals surface area contributed by atoms with E-state index in [4.69, 9.17) is 5.11 Å². The largest absolute Gasteiger partial charge is 0.395 e. The molecule has 0 atom stereocenters. The molecule has 4 heteroatoms. The van der Waals surface area contributed by atoms with E-state index in [1.54, 1.807) is 11.3 Å². The van der Waals surface area contributed by atoms with Gasteiger partial charge in [-0.05, 0) is 25.3 Å². The summed E-state index contributed by atoms with van der Waals surface area (Å²) in [5.74, 6) is 0.740. The Balaban J connectivity index is 2.44. The van der Waals surface area contributed by atoms with Gasteiger partial charge in [0.15, 0.2) is 0 Å². The van der Waals surface area contributed by atoms with Crippen molar-refractivity contribution in [1.29, 1.82) is 0 Å². The van der Waals surface area contributed by atoms with E-state index in [9.17, 15) is 0 Å². The smallest absolute Gasteiger partial charge is 0.0928 e. The van der Waals surface area contributed by atoms with Gasteiger partial charge in [0, 0.05) is 18.5 Å². The fraction of sp³-hybridized carbons (Fsp3) is 0.769. The van der Waals surface area contributed by atoms with E-state index < -0.39 is 0 Å². The predicted molar refractivity (Wildman–Crippen MR) is 73.3 cm³/mol. The first kappa shape index (κ1) is 14.6. The van der Waals surface area contributed by atoms with Crippen LogP contribution in [0.1, 0.15) is 37.9 Å². The molecule has 0 fully saturated rings. The number of nitrogens with zero attached hydrogens (tertiary/aromatic N) is 2. The van der Waals surface area contributed by atoms with Gasteiger partial charge in [-0.1, -0.05) is 20.8 Å². The lowest BCUT2D eigenvalue weighted by Crippen LogP contribution is -2.26. The van der Waals surface area contributed by atoms with Crippen molar-refractivity contribution >= 4 is 11.3 Å². The first-order valence-corrected chi connectivity index (χ1v) is 7.30. The maximum atomic E-state index is 8.94. The molecule has 0 saturated carbocycles. The second kappa shape index (κ2) is 7.80. The van der Waals surface area contributed by atoms with Crippen LogP contribution in [0.2, 0.25) is 0 Å². The van der Waals surface area contributed by atoms with E-state index in [1.807, 2.05) is 0 Å². The molecule has 0 saturated heterocycles. The van der Waals surface area contributed by atoms with Gasteiger partial charge in [-0.2, -0.15) is 0 Å². The van der Waals surface area contributed by atoms with Crippen molar-refractivity contribution in [1.82, 2.24) is 9.88 Å². The molecule has 0 unspecified atom stereocenters. The first-order valence-electron chi connectivity index (χ1n) is 6.42. The molecule has 1 aromatic rings. The molecule has 0 bridgehead atoms. The summed E-state index contributed by atoms with van der Waals surface area (Å²) >= 11 is 1.76. The number of aryl methyl sites for hydroxylation is 1. The lowest BCUT2D eigenvalue weighted by molar-refractivity contribution is 0.195. The summed E-state index contributed by atoms with van der Waals surface area (Å²) in [6.07, 6.45) is 2.30. The summed E-state index contributed by atoms with van der Waals surface area (Å²) in [7, 11) is 0. The van der Waals surface area contributed by atoms with E-state index in [2.05, 4.69) is 36.0 Å². The minimum Gasteiger partial charge on any atom is -0.395 e. The summed E-state index contributed by atoms with van der Waals surface area (Å²) in [5, 5.41) is 12.3. The molecule has 0 spiro atoms. The Labute approximate surface area is 108 Å². The minimum atomic E-state index is 0.220. The van der Waals surface area contributed by atoms with Crippen molar-refractivity contribution in [3.8, 4) is 0 Å². The average Bonchev–Trinajstić information content (AvgIpc) is 2.73. The number of thiazole rings is 1. The summed E-state index contributed by atoms with van der Waals surface area (Å²) in [6.45, 7) is 9.37. The highest BCUT2D eigenvalue weighted by atomic mass is 32.1. The highest BCUT2D eigenvalue weighted by Crippen LogP contribution is 2.15. The highest BCUT2D eigenvalue weighted by molar-refractivity contribution is 7.09. The van der Waals surface area contributed by atoms with Gasteiger partial charge in [-0.3, -0.25) is 4.90 Å². The van der Waals surface area contributed by atoms with Crippen LogP contribution in [0.5, 0.6) is 0 Å². The van der Waals surface area contributed by atoms with Gasteiger partial charge in [-0.15, -0.1) is 11.3 Å². The van der Waals surface area contributed by atoms with Crippen molar-refractivity contribution < 1.29 is 5.11 Å². The molecule has 0 aliphatic rings. The van der Waals surface area contributed by atoms with Crippen molar-refractivity contribution in [2.75, 3.05) is 19.7 Å². The van der Waals surface area contributed by atoms with Crippen LogP contribution in [0.4, 0.5) is 0 Å². The Morgan fingerprint density at radius 1 is 1.47 bits per heavy atom. The van der Waals surface area contributed by atoms with Crippen molar-refractivity contribution in [3.63, 3.8) is 0 Å². The van der Waals surface area contributed by atoms with E-state index in [0.717, 1.165) is 37.7 Å². The zero-order chi connectivity index (χ0) is 12.7. The maximum absolute atomic E-state index is 8.94. The number of hydrogen-bond donors (Lipinski definition) is 1. The van der Waals surface area contributed by atoms with Crippen LogP contribution in [0.25, 0.3) is 0 Å². The molecule has 17 heavy (non-hydrogen) atoms. The molecule has 0 aromatic carbocycles. The molecular weight excluding hydrogens is 232 g/mol. The minimum absolute atomic E-state index is 0.220. The molecule has 0 amide bonds. The van der Waals surface area contributed by atoms with Crippen LogP contribution in [0.3, 0.4) is 0 Å². The molecule has 1 aromatic heterocycles. The Bertz CT molecular complexity index is 312. The third-order valence-electron chi connectivity index (χ3n) is 2.78. The van der Waals surface area contributed by atoms with Gasteiger partial charge in [0.05, 0.1) is 17.3 Å². The number of aliphatic hydroxyl groups excluding tert-OH is 1. The highest BCUT2D eigenvalue weighted by Gasteiger charge is 2.07. The fourth-order valence-electron chi connectivity index (χ4n) is 1.67. The molecule has 0 aliphatic carbocycles. The number of rotatable bonds is 8. The average molecular weight is 256 g/mol. The Morgan fingerprint density at radius 2 is 2.24 bits per heavy atom. The molecule has 1 rings (SSSR count). The molecule has 0 aliphatic heterocycles. The first-order chi connectivity index (χ1) is 8.15. The van der Waals surface area contributed by atoms with Crippen LogP contribution < -0.4 is 0 Å². The van der Waals surface area contributed by atoms with Crippen molar-refractivity contribution in [2.24, 2.45) is 5.92 Å².